The van der Waals surface area contributed by atoms with Gasteiger partial charge in [-0.3, -0.25) is 14.4 Å². The normalized spacial score (nSPS) is 12.1. The summed E-state index contributed by atoms with van der Waals surface area (Å²) in [5, 5.41) is 2.92. The van der Waals surface area contributed by atoms with Crippen LogP contribution in [0.2, 0.25) is 0 Å². The summed E-state index contributed by atoms with van der Waals surface area (Å²) in [5.41, 5.74) is 1.40. The zero-order valence-corrected chi connectivity index (χ0v) is 14.8. The maximum atomic E-state index is 12.5. The first-order valence-electron chi connectivity index (χ1n) is 8.61. The van der Waals surface area contributed by atoms with Crippen LogP contribution in [0.15, 0.2) is 58.1 Å². The molecule has 1 amide bonds. The number of benzene rings is 2. The standard InChI is InChI=1S/C20H21N3O3/c1-3-23-17-10-9-15(11-16(17)22-19(25)20(23)26)18(24)21-12-13(2)14-7-5-4-6-8-14/h4-11,13H,3,12H2,1-2H3,(H,21,24)(H,22,25). The largest absolute Gasteiger partial charge is 0.351 e. The van der Waals surface area contributed by atoms with Gasteiger partial charge in [-0.25, -0.2) is 0 Å². The molecule has 3 aromatic rings. The zero-order valence-electron chi connectivity index (χ0n) is 14.8. The maximum Gasteiger partial charge on any atom is 0.316 e. The minimum absolute atomic E-state index is 0.186. The second kappa shape index (κ2) is 7.39. The van der Waals surface area contributed by atoms with Crippen molar-refractivity contribution in [1.82, 2.24) is 14.9 Å². The Morgan fingerprint density at radius 3 is 2.58 bits per heavy atom. The van der Waals surface area contributed by atoms with Gasteiger partial charge >= 0.3 is 11.1 Å². The molecule has 3 rings (SSSR count). The fraction of sp³-hybridized carbons (Fsp3) is 0.250. The van der Waals surface area contributed by atoms with Gasteiger partial charge in [0, 0.05) is 18.7 Å². The molecule has 1 unspecified atom stereocenters. The monoisotopic (exact) mass is 351 g/mol. The van der Waals surface area contributed by atoms with Crippen molar-refractivity contribution in [2.45, 2.75) is 26.3 Å². The number of nitrogens with one attached hydrogen (secondary N) is 2. The Morgan fingerprint density at radius 1 is 1.15 bits per heavy atom. The van der Waals surface area contributed by atoms with Crippen molar-refractivity contribution in [2.75, 3.05) is 6.54 Å². The third kappa shape index (κ3) is 3.44. The molecule has 0 saturated heterocycles. The molecule has 6 nitrogen and oxygen atoms in total. The van der Waals surface area contributed by atoms with Crippen LogP contribution in [-0.2, 0) is 6.54 Å². The van der Waals surface area contributed by atoms with Crippen molar-refractivity contribution >= 4 is 16.9 Å². The number of fused-ring (bicyclic) bond motifs is 1. The van der Waals surface area contributed by atoms with E-state index in [1.54, 1.807) is 25.1 Å². The summed E-state index contributed by atoms with van der Waals surface area (Å²) < 4.78 is 1.40. The average molecular weight is 351 g/mol. The number of amides is 1. The van der Waals surface area contributed by atoms with Crippen molar-refractivity contribution < 1.29 is 4.79 Å². The number of carbonyl (C=O) groups excluding carboxylic acids is 1. The SMILES string of the molecule is CCn1c(=O)c(=O)[nH]c2cc(C(=O)NCC(C)c3ccccc3)ccc21. The summed E-state index contributed by atoms with van der Waals surface area (Å²) >= 11 is 0. The third-order valence-electron chi connectivity index (χ3n) is 4.49. The average Bonchev–Trinajstić information content (AvgIpc) is 2.67. The summed E-state index contributed by atoms with van der Waals surface area (Å²) in [6, 6.07) is 14.9. The Morgan fingerprint density at radius 2 is 1.88 bits per heavy atom. The molecule has 2 N–H and O–H groups in total. The molecule has 0 radical (unpaired) electrons. The molecule has 2 aromatic carbocycles. The van der Waals surface area contributed by atoms with Crippen molar-refractivity contribution in [3.63, 3.8) is 0 Å². The van der Waals surface area contributed by atoms with E-state index in [1.165, 1.54) is 4.57 Å². The Balaban J connectivity index is 1.82. The van der Waals surface area contributed by atoms with Gasteiger partial charge in [-0.15, -0.1) is 0 Å². The Kier molecular flexibility index (Phi) is 5.02. The quantitative estimate of drug-likeness (QED) is 0.692. The highest BCUT2D eigenvalue weighted by Crippen LogP contribution is 2.15. The summed E-state index contributed by atoms with van der Waals surface area (Å²) in [7, 11) is 0. The number of carbonyl (C=O) groups is 1. The van der Waals surface area contributed by atoms with Crippen molar-refractivity contribution in [3.8, 4) is 0 Å². The highest BCUT2D eigenvalue weighted by molar-refractivity contribution is 5.97. The molecular formula is C20H21N3O3. The second-order valence-electron chi connectivity index (χ2n) is 6.26. The van der Waals surface area contributed by atoms with E-state index >= 15 is 0 Å². The van der Waals surface area contributed by atoms with Crippen LogP contribution in [-0.4, -0.2) is 22.0 Å². The molecule has 0 fully saturated rings. The third-order valence-corrected chi connectivity index (χ3v) is 4.49. The van der Waals surface area contributed by atoms with Crippen LogP contribution in [0.1, 0.15) is 35.7 Å². The molecule has 134 valence electrons. The van der Waals surface area contributed by atoms with E-state index in [2.05, 4.69) is 10.3 Å². The van der Waals surface area contributed by atoms with Crippen molar-refractivity contribution in [2.24, 2.45) is 0 Å². The molecular weight excluding hydrogens is 330 g/mol. The number of aromatic nitrogens is 2. The first-order valence-corrected chi connectivity index (χ1v) is 8.61. The summed E-state index contributed by atoms with van der Waals surface area (Å²) in [4.78, 5) is 38.7. The van der Waals surface area contributed by atoms with E-state index in [0.29, 0.717) is 29.7 Å². The summed E-state index contributed by atoms with van der Waals surface area (Å²) in [6.45, 7) is 4.74. The van der Waals surface area contributed by atoms with Gasteiger partial charge in [-0.05, 0) is 36.6 Å². The molecule has 0 aliphatic heterocycles. The molecule has 0 spiro atoms. The topological polar surface area (TPSA) is 84.0 Å². The van der Waals surface area contributed by atoms with Crippen molar-refractivity contribution in [3.05, 3.63) is 80.4 Å². The fourth-order valence-electron chi connectivity index (χ4n) is 2.98. The lowest BCUT2D eigenvalue weighted by molar-refractivity contribution is 0.0952. The van der Waals surface area contributed by atoms with Crippen LogP contribution in [0, 0.1) is 0 Å². The lowest BCUT2D eigenvalue weighted by atomic mass is 10.0. The molecule has 1 aromatic heterocycles. The number of aromatic amines is 1. The number of H-pyrrole nitrogens is 1. The number of aryl methyl sites for hydroxylation is 1. The predicted molar refractivity (Wildman–Crippen MR) is 102 cm³/mol. The molecule has 0 saturated carbocycles. The lowest BCUT2D eigenvalue weighted by Crippen LogP contribution is -2.36. The number of nitrogens with zero attached hydrogens (tertiary/aromatic N) is 1. The second-order valence-corrected chi connectivity index (χ2v) is 6.26. The van der Waals surface area contributed by atoms with Gasteiger partial charge < -0.3 is 14.9 Å². The van der Waals surface area contributed by atoms with E-state index in [4.69, 9.17) is 0 Å². The van der Waals surface area contributed by atoms with Crippen LogP contribution in [0.25, 0.3) is 11.0 Å². The molecule has 6 heteroatoms. The van der Waals surface area contributed by atoms with Crippen LogP contribution >= 0.6 is 0 Å². The highest BCUT2D eigenvalue weighted by atomic mass is 16.2. The van der Waals surface area contributed by atoms with E-state index in [0.717, 1.165) is 5.56 Å². The first kappa shape index (κ1) is 17.7. The molecule has 0 aliphatic rings. The van der Waals surface area contributed by atoms with Crippen molar-refractivity contribution in [1.29, 1.82) is 0 Å². The maximum absolute atomic E-state index is 12.5. The Hall–Kier alpha value is -3.15. The number of hydrogen-bond donors (Lipinski definition) is 2. The van der Waals surface area contributed by atoms with Gasteiger partial charge in [0.1, 0.15) is 0 Å². The molecule has 1 heterocycles. The Labute approximate surface area is 150 Å². The smallest absolute Gasteiger partial charge is 0.316 e. The Bertz CT molecular complexity index is 1050. The zero-order chi connectivity index (χ0) is 18.7. The van der Waals surface area contributed by atoms with Crippen LogP contribution in [0.3, 0.4) is 0 Å². The van der Waals surface area contributed by atoms with Gasteiger partial charge in [-0.1, -0.05) is 37.3 Å². The minimum atomic E-state index is -0.686. The number of hydrogen-bond acceptors (Lipinski definition) is 3. The molecule has 26 heavy (non-hydrogen) atoms. The van der Waals surface area contributed by atoms with Gasteiger partial charge in [0.2, 0.25) is 0 Å². The minimum Gasteiger partial charge on any atom is -0.351 e. The number of rotatable bonds is 5. The summed E-state index contributed by atoms with van der Waals surface area (Å²) in [6.07, 6.45) is 0. The first-order chi connectivity index (χ1) is 12.5. The molecule has 1 atom stereocenters. The predicted octanol–water partition coefficient (Wildman–Crippen LogP) is 2.24. The van der Waals surface area contributed by atoms with E-state index in [-0.39, 0.29) is 11.8 Å². The van der Waals surface area contributed by atoms with E-state index in [1.807, 2.05) is 37.3 Å². The molecule has 0 aliphatic carbocycles. The molecule has 0 bridgehead atoms. The van der Waals surface area contributed by atoms with Gasteiger partial charge in [0.05, 0.1) is 11.0 Å². The lowest BCUT2D eigenvalue weighted by Gasteiger charge is -2.13. The van der Waals surface area contributed by atoms with Gasteiger partial charge in [-0.2, -0.15) is 0 Å². The van der Waals surface area contributed by atoms with Gasteiger partial charge in [0.15, 0.2) is 0 Å². The highest BCUT2D eigenvalue weighted by Gasteiger charge is 2.12. The van der Waals surface area contributed by atoms with Crippen LogP contribution < -0.4 is 16.4 Å². The van der Waals surface area contributed by atoms with Crippen LogP contribution in [0.5, 0.6) is 0 Å². The fourth-order valence-corrected chi connectivity index (χ4v) is 2.98. The van der Waals surface area contributed by atoms with E-state index < -0.39 is 11.1 Å². The van der Waals surface area contributed by atoms with E-state index in [9.17, 15) is 14.4 Å². The summed E-state index contributed by atoms with van der Waals surface area (Å²) in [5.74, 6) is -0.0320. The van der Waals surface area contributed by atoms with Gasteiger partial charge in [0.25, 0.3) is 5.91 Å². The van der Waals surface area contributed by atoms with Crippen LogP contribution in [0.4, 0.5) is 0 Å².